The van der Waals surface area contributed by atoms with E-state index >= 15 is 4.39 Å². The Balaban J connectivity index is 1.63. The second-order valence-corrected chi connectivity index (χ2v) is 10.2. The summed E-state index contributed by atoms with van der Waals surface area (Å²) in [4.78, 5) is 43.8. The van der Waals surface area contributed by atoms with Gasteiger partial charge in [0.1, 0.15) is 11.9 Å². The number of ketones is 1. The van der Waals surface area contributed by atoms with Crippen LogP contribution in [0.1, 0.15) is 80.4 Å². The lowest BCUT2D eigenvalue weighted by atomic mass is 9.85. The van der Waals surface area contributed by atoms with Crippen LogP contribution < -0.4 is 4.74 Å². The highest BCUT2D eigenvalue weighted by Crippen LogP contribution is 2.41. The molecule has 7 nitrogen and oxygen atoms in total. The van der Waals surface area contributed by atoms with Gasteiger partial charge in [0.15, 0.2) is 5.78 Å². The molecule has 0 bridgehead atoms. The van der Waals surface area contributed by atoms with E-state index in [9.17, 15) is 14.4 Å². The first-order valence-corrected chi connectivity index (χ1v) is 12.6. The number of nitrogens with zero attached hydrogens (tertiary/aromatic N) is 2. The fraction of sp³-hybridized carbons (Fsp3) is 0.500. The first-order valence-electron chi connectivity index (χ1n) is 12.6. The minimum absolute atomic E-state index is 0.0130. The number of hydrogen-bond acceptors (Lipinski definition) is 5. The van der Waals surface area contributed by atoms with Crippen LogP contribution >= 0.6 is 0 Å². The van der Waals surface area contributed by atoms with Gasteiger partial charge in [0.2, 0.25) is 11.8 Å². The number of hydrogen-bond donors (Lipinski definition) is 1. The summed E-state index contributed by atoms with van der Waals surface area (Å²) in [5.74, 6) is -1.27. The minimum Gasteiger partial charge on any atom is -0.481 e. The third-order valence-corrected chi connectivity index (χ3v) is 7.18. The topological polar surface area (TPSA) is 96.8 Å². The Morgan fingerprint density at radius 1 is 1.19 bits per heavy atom. The van der Waals surface area contributed by atoms with Gasteiger partial charge in [0.25, 0.3) is 0 Å². The van der Waals surface area contributed by atoms with Crippen molar-refractivity contribution in [3.05, 3.63) is 58.0 Å². The number of pyridine rings is 1. The maximum absolute atomic E-state index is 15.1. The van der Waals surface area contributed by atoms with Gasteiger partial charge in [-0.25, -0.2) is 9.37 Å². The summed E-state index contributed by atoms with van der Waals surface area (Å²) in [7, 11) is 0. The number of aliphatic carboxylic acids is 1. The number of benzene rings is 1. The molecule has 0 saturated carbocycles. The molecular weight excluding hydrogens is 463 g/mol. The number of carbonyl (C=O) groups excluding carboxylic acids is 2. The van der Waals surface area contributed by atoms with Crippen molar-refractivity contribution < 1.29 is 28.6 Å². The Kier molecular flexibility index (Phi) is 7.43. The minimum atomic E-state index is -0.964. The van der Waals surface area contributed by atoms with Crippen molar-refractivity contribution in [3.63, 3.8) is 0 Å². The van der Waals surface area contributed by atoms with Crippen LogP contribution in [0, 0.1) is 5.82 Å². The zero-order valence-corrected chi connectivity index (χ0v) is 21.1. The number of rotatable bonds is 9. The zero-order chi connectivity index (χ0) is 26.0. The monoisotopic (exact) mass is 496 g/mol. The first kappa shape index (κ1) is 25.8. The molecule has 1 N–H and O–H groups in total. The lowest BCUT2D eigenvalue weighted by molar-refractivity contribution is -0.141. The van der Waals surface area contributed by atoms with Crippen molar-refractivity contribution in [3.8, 4) is 5.88 Å². The normalized spacial score (nSPS) is 17.9. The van der Waals surface area contributed by atoms with E-state index < -0.39 is 12.0 Å². The Morgan fingerprint density at radius 2 is 1.97 bits per heavy atom. The van der Waals surface area contributed by atoms with Crippen molar-refractivity contribution in [2.75, 3.05) is 13.2 Å². The fourth-order valence-corrected chi connectivity index (χ4v) is 5.50. The van der Waals surface area contributed by atoms with Crippen LogP contribution in [0.25, 0.3) is 0 Å². The molecule has 0 radical (unpaired) electrons. The van der Waals surface area contributed by atoms with Gasteiger partial charge in [-0.1, -0.05) is 19.9 Å². The lowest BCUT2D eigenvalue weighted by Gasteiger charge is -2.36. The van der Waals surface area contributed by atoms with Crippen LogP contribution in [0.15, 0.2) is 24.3 Å². The standard InChI is InChI=1S/C28H33FN2O5/c1-4-36-23-9-8-19-21(30-23)11-13-31(24(33)6-5-7-25(34)35)27(19)22(32)16-17-14-18-10-12-28(2,3)26(18)20(29)15-17/h8-9,14-15,27H,4-7,10-13,16H2,1-3H3,(H,34,35)/t27-/m1/s1. The van der Waals surface area contributed by atoms with Gasteiger partial charge in [0, 0.05) is 43.9 Å². The summed E-state index contributed by atoms with van der Waals surface area (Å²) in [5, 5.41) is 8.93. The number of fused-ring (bicyclic) bond motifs is 2. The summed E-state index contributed by atoms with van der Waals surface area (Å²) < 4.78 is 20.6. The fourth-order valence-electron chi connectivity index (χ4n) is 5.50. The number of carboxylic acid groups (broad SMARTS) is 1. The Labute approximate surface area is 210 Å². The first-order chi connectivity index (χ1) is 17.1. The lowest BCUT2D eigenvalue weighted by Crippen LogP contribution is -2.44. The molecule has 2 aromatic rings. The molecule has 1 aromatic heterocycles. The maximum Gasteiger partial charge on any atom is 0.303 e. The molecule has 0 spiro atoms. The summed E-state index contributed by atoms with van der Waals surface area (Å²) >= 11 is 0. The van der Waals surface area contributed by atoms with Gasteiger partial charge in [0.05, 0.1) is 12.3 Å². The van der Waals surface area contributed by atoms with Gasteiger partial charge in [-0.2, -0.15) is 0 Å². The molecule has 8 heteroatoms. The van der Waals surface area contributed by atoms with Crippen LogP contribution in [0.2, 0.25) is 0 Å². The summed E-state index contributed by atoms with van der Waals surface area (Å²) in [6.45, 7) is 6.68. The average molecular weight is 497 g/mol. The predicted molar refractivity (Wildman–Crippen MR) is 132 cm³/mol. The largest absolute Gasteiger partial charge is 0.481 e. The second-order valence-electron chi connectivity index (χ2n) is 10.2. The van der Waals surface area contributed by atoms with Crippen molar-refractivity contribution in [1.29, 1.82) is 0 Å². The summed E-state index contributed by atoms with van der Waals surface area (Å²) in [6, 6.07) is 5.98. The molecule has 1 amide bonds. The van der Waals surface area contributed by atoms with Gasteiger partial charge < -0.3 is 14.7 Å². The Morgan fingerprint density at radius 3 is 2.69 bits per heavy atom. The number of ether oxygens (including phenoxy) is 1. The van der Waals surface area contributed by atoms with Crippen LogP contribution in [-0.2, 0) is 39.1 Å². The highest BCUT2D eigenvalue weighted by Gasteiger charge is 2.37. The number of Topliss-reactive ketones (excluding diaryl/α,β-unsaturated/α-hetero) is 1. The smallest absolute Gasteiger partial charge is 0.303 e. The van der Waals surface area contributed by atoms with Crippen molar-refractivity contribution in [2.24, 2.45) is 0 Å². The third kappa shape index (κ3) is 5.27. The van der Waals surface area contributed by atoms with Crippen molar-refractivity contribution in [2.45, 2.75) is 77.2 Å². The zero-order valence-electron chi connectivity index (χ0n) is 21.1. The van der Waals surface area contributed by atoms with Gasteiger partial charge in [-0.15, -0.1) is 0 Å². The quantitative estimate of drug-likeness (QED) is 0.555. The second kappa shape index (κ2) is 10.4. The van der Waals surface area contributed by atoms with Gasteiger partial charge >= 0.3 is 5.97 Å². The predicted octanol–water partition coefficient (Wildman–Crippen LogP) is 4.34. The molecule has 1 atom stereocenters. The number of aromatic nitrogens is 1. The van der Waals surface area contributed by atoms with E-state index in [0.717, 1.165) is 24.0 Å². The maximum atomic E-state index is 15.1. The average Bonchev–Trinajstić information content (AvgIpc) is 3.12. The SMILES string of the molecule is CCOc1ccc2c(n1)CCN(C(=O)CCCC(=O)O)[C@H]2C(=O)Cc1cc(F)c2c(c1)CCC2(C)C. The van der Waals surface area contributed by atoms with E-state index in [-0.39, 0.29) is 48.6 Å². The molecule has 192 valence electrons. The van der Waals surface area contributed by atoms with Crippen molar-refractivity contribution in [1.82, 2.24) is 9.88 Å². The molecule has 0 saturated heterocycles. The Bertz CT molecular complexity index is 1190. The number of amides is 1. The van der Waals surface area contributed by atoms with E-state index in [0.29, 0.717) is 42.3 Å². The van der Waals surface area contributed by atoms with E-state index in [1.807, 2.05) is 26.8 Å². The van der Waals surface area contributed by atoms with Crippen LogP contribution in [0.3, 0.4) is 0 Å². The van der Waals surface area contributed by atoms with Crippen molar-refractivity contribution >= 4 is 17.7 Å². The van der Waals surface area contributed by atoms with Gasteiger partial charge in [-0.3, -0.25) is 14.4 Å². The third-order valence-electron chi connectivity index (χ3n) is 7.18. The van der Waals surface area contributed by atoms with Crippen LogP contribution in [0.4, 0.5) is 4.39 Å². The molecule has 4 rings (SSSR count). The molecule has 2 heterocycles. The highest BCUT2D eigenvalue weighted by molar-refractivity contribution is 5.92. The molecular formula is C28H33FN2O5. The highest BCUT2D eigenvalue weighted by atomic mass is 19.1. The number of carboxylic acids is 1. The molecule has 36 heavy (non-hydrogen) atoms. The molecule has 0 fully saturated rings. The number of carbonyl (C=O) groups is 3. The molecule has 2 aliphatic rings. The molecule has 0 unspecified atom stereocenters. The van der Waals surface area contributed by atoms with E-state index in [4.69, 9.17) is 9.84 Å². The Hall–Kier alpha value is -3.29. The molecule has 1 aromatic carbocycles. The number of halogens is 1. The molecule has 1 aliphatic carbocycles. The van der Waals surface area contributed by atoms with E-state index in [1.165, 1.54) is 11.0 Å². The van der Waals surface area contributed by atoms with E-state index in [1.54, 1.807) is 12.1 Å². The van der Waals surface area contributed by atoms with Crippen LogP contribution in [0.5, 0.6) is 5.88 Å². The number of aryl methyl sites for hydroxylation is 1. The summed E-state index contributed by atoms with van der Waals surface area (Å²) in [6.07, 6.45) is 2.21. The van der Waals surface area contributed by atoms with E-state index in [2.05, 4.69) is 4.98 Å². The summed E-state index contributed by atoms with van der Waals surface area (Å²) in [5.41, 5.74) is 3.38. The molecule has 1 aliphatic heterocycles. The van der Waals surface area contributed by atoms with Crippen LogP contribution in [-0.4, -0.2) is 45.8 Å². The van der Waals surface area contributed by atoms with Gasteiger partial charge in [-0.05, 0) is 60.4 Å².